The van der Waals surface area contributed by atoms with E-state index >= 15 is 0 Å². The Hall–Kier alpha value is -1.54. The molecule has 17 heavy (non-hydrogen) atoms. The number of amides is 1. The van der Waals surface area contributed by atoms with Gasteiger partial charge >= 0.3 is 0 Å². The molecule has 1 unspecified atom stereocenters. The summed E-state index contributed by atoms with van der Waals surface area (Å²) < 4.78 is 13.0. The molecule has 0 heterocycles. The number of nitriles is 1. The van der Waals surface area contributed by atoms with Gasteiger partial charge in [-0.1, -0.05) is 0 Å². The van der Waals surface area contributed by atoms with E-state index in [4.69, 9.17) is 5.26 Å². The minimum Gasteiger partial charge on any atom is -0.338 e. The molecule has 5 heteroatoms. The van der Waals surface area contributed by atoms with Crippen molar-refractivity contribution in [1.29, 1.82) is 5.26 Å². The van der Waals surface area contributed by atoms with Gasteiger partial charge in [-0.3, -0.25) is 4.79 Å². The second kappa shape index (κ2) is 5.69. The standard InChI is InChI=1S/C12H13FN2OS/c1-8(5-6-14)15(2)12(16)9-3-4-10(13)11(17)7-9/h3-4,7-8,17H,5H2,1-2H3. The van der Waals surface area contributed by atoms with Crippen LogP contribution in [-0.4, -0.2) is 23.9 Å². The molecule has 0 aromatic heterocycles. The zero-order valence-corrected chi connectivity index (χ0v) is 10.5. The average Bonchev–Trinajstić information content (AvgIpc) is 2.31. The Morgan fingerprint density at radius 2 is 2.29 bits per heavy atom. The van der Waals surface area contributed by atoms with Gasteiger partial charge in [-0.15, -0.1) is 12.6 Å². The summed E-state index contributed by atoms with van der Waals surface area (Å²) >= 11 is 3.93. The molecular weight excluding hydrogens is 239 g/mol. The molecule has 0 N–H and O–H groups in total. The smallest absolute Gasteiger partial charge is 0.253 e. The second-order valence-corrected chi connectivity index (χ2v) is 4.28. The highest BCUT2D eigenvalue weighted by Gasteiger charge is 2.17. The second-order valence-electron chi connectivity index (χ2n) is 3.79. The molecule has 0 aliphatic heterocycles. The Kier molecular flexibility index (Phi) is 4.53. The van der Waals surface area contributed by atoms with E-state index in [1.807, 2.05) is 6.07 Å². The molecule has 3 nitrogen and oxygen atoms in total. The lowest BCUT2D eigenvalue weighted by molar-refractivity contribution is 0.0746. The Morgan fingerprint density at radius 3 is 2.82 bits per heavy atom. The number of nitrogens with zero attached hydrogens (tertiary/aromatic N) is 2. The summed E-state index contributed by atoms with van der Waals surface area (Å²) in [5.74, 6) is -0.708. The number of halogens is 1. The van der Waals surface area contributed by atoms with Crippen molar-refractivity contribution < 1.29 is 9.18 Å². The first-order valence-corrected chi connectivity index (χ1v) is 5.54. The molecule has 90 valence electrons. The van der Waals surface area contributed by atoms with Crippen LogP contribution in [0.25, 0.3) is 0 Å². The summed E-state index contributed by atoms with van der Waals surface area (Å²) in [6.07, 6.45) is 0.261. The number of rotatable bonds is 3. The lowest BCUT2D eigenvalue weighted by atomic mass is 10.1. The number of hydrogen-bond acceptors (Lipinski definition) is 3. The molecule has 0 saturated carbocycles. The van der Waals surface area contributed by atoms with Gasteiger partial charge in [0.1, 0.15) is 5.82 Å². The van der Waals surface area contributed by atoms with Gasteiger partial charge in [-0.25, -0.2) is 4.39 Å². The third-order valence-corrected chi connectivity index (χ3v) is 2.90. The molecule has 0 fully saturated rings. The van der Waals surface area contributed by atoms with E-state index < -0.39 is 5.82 Å². The Balaban J connectivity index is 2.89. The van der Waals surface area contributed by atoms with Crippen molar-refractivity contribution in [3.63, 3.8) is 0 Å². The summed E-state index contributed by atoms with van der Waals surface area (Å²) in [7, 11) is 1.62. The third kappa shape index (κ3) is 3.21. The minimum atomic E-state index is -0.461. The Morgan fingerprint density at radius 1 is 1.65 bits per heavy atom. The summed E-state index contributed by atoms with van der Waals surface area (Å²) in [5.41, 5.74) is 0.365. The first kappa shape index (κ1) is 13.5. The Labute approximate surface area is 105 Å². The molecule has 1 amide bonds. The van der Waals surface area contributed by atoms with Gasteiger partial charge in [0.15, 0.2) is 0 Å². The van der Waals surface area contributed by atoms with Crippen LogP contribution in [0.1, 0.15) is 23.7 Å². The van der Waals surface area contributed by atoms with Crippen molar-refractivity contribution in [3.05, 3.63) is 29.6 Å². The number of hydrogen-bond donors (Lipinski definition) is 1. The number of thiol groups is 1. The third-order valence-electron chi connectivity index (χ3n) is 2.56. The lowest BCUT2D eigenvalue weighted by Crippen LogP contribution is -2.34. The quantitative estimate of drug-likeness (QED) is 0.840. The molecule has 0 bridgehead atoms. The fraction of sp³-hybridized carbons (Fsp3) is 0.333. The summed E-state index contributed by atoms with van der Waals surface area (Å²) in [6, 6.07) is 5.83. The van der Waals surface area contributed by atoms with Gasteiger partial charge in [0.25, 0.3) is 5.91 Å². The van der Waals surface area contributed by atoms with Crippen LogP contribution in [0.15, 0.2) is 23.1 Å². The predicted octanol–water partition coefficient (Wildman–Crippen LogP) is 2.49. The highest BCUT2D eigenvalue weighted by Crippen LogP contribution is 2.16. The minimum absolute atomic E-state index is 0.136. The van der Waals surface area contributed by atoms with Crippen molar-refractivity contribution in [1.82, 2.24) is 4.90 Å². The zero-order valence-electron chi connectivity index (χ0n) is 9.64. The van der Waals surface area contributed by atoms with E-state index in [9.17, 15) is 9.18 Å². The van der Waals surface area contributed by atoms with Crippen LogP contribution in [0, 0.1) is 17.1 Å². The number of carbonyl (C=O) groups excluding carboxylic acids is 1. The molecule has 1 rings (SSSR count). The van der Waals surface area contributed by atoms with Crippen LogP contribution in [0.3, 0.4) is 0 Å². The maximum absolute atomic E-state index is 13.0. The SMILES string of the molecule is CC(CC#N)N(C)C(=O)c1ccc(F)c(S)c1. The van der Waals surface area contributed by atoms with E-state index in [0.29, 0.717) is 5.56 Å². The van der Waals surface area contributed by atoms with Gasteiger partial charge in [0.05, 0.1) is 12.5 Å². The molecular formula is C12H13FN2OS. The summed E-state index contributed by atoms with van der Waals surface area (Å²) in [5, 5.41) is 8.57. The number of benzene rings is 1. The van der Waals surface area contributed by atoms with Crippen molar-refractivity contribution in [2.24, 2.45) is 0 Å². The molecule has 0 saturated heterocycles. The highest BCUT2D eigenvalue weighted by molar-refractivity contribution is 7.80. The fourth-order valence-electron chi connectivity index (χ4n) is 1.32. The van der Waals surface area contributed by atoms with Crippen molar-refractivity contribution in [2.45, 2.75) is 24.3 Å². The van der Waals surface area contributed by atoms with Crippen molar-refractivity contribution in [2.75, 3.05) is 7.05 Å². The Bertz CT molecular complexity index is 470. The lowest BCUT2D eigenvalue weighted by Gasteiger charge is -2.23. The van der Waals surface area contributed by atoms with Gasteiger partial charge in [0, 0.05) is 23.5 Å². The van der Waals surface area contributed by atoms with Gasteiger partial charge in [-0.05, 0) is 25.1 Å². The fourth-order valence-corrected chi connectivity index (χ4v) is 1.53. The summed E-state index contributed by atoms with van der Waals surface area (Å²) in [4.78, 5) is 13.6. The molecule has 0 spiro atoms. The molecule has 0 aliphatic carbocycles. The highest BCUT2D eigenvalue weighted by atomic mass is 32.1. The van der Waals surface area contributed by atoms with Crippen LogP contribution in [0.5, 0.6) is 0 Å². The van der Waals surface area contributed by atoms with E-state index in [-0.39, 0.29) is 23.3 Å². The van der Waals surface area contributed by atoms with Crippen LogP contribution >= 0.6 is 12.6 Å². The zero-order chi connectivity index (χ0) is 13.0. The van der Waals surface area contributed by atoms with Crippen molar-refractivity contribution in [3.8, 4) is 6.07 Å². The predicted molar refractivity (Wildman–Crippen MR) is 65.4 cm³/mol. The molecule has 1 atom stereocenters. The topological polar surface area (TPSA) is 44.1 Å². The molecule has 1 aromatic carbocycles. The summed E-state index contributed by atoms with van der Waals surface area (Å²) in [6.45, 7) is 1.78. The van der Waals surface area contributed by atoms with Crippen molar-refractivity contribution >= 4 is 18.5 Å². The van der Waals surface area contributed by atoms with Gasteiger partial charge in [-0.2, -0.15) is 5.26 Å². The maximum Gasteiger partial charge on any atom is 0.253 e. The van der Waals surface area contributed by atoms with Crippen LogP contribution in [-0.2, 0) is 0 Å². The van der Waals surface area contributed by atoms with Gasteiger partial charge < -0.3 is 4.90 Å². The monoisotopic (exact) mass is 252 g/mol. The molecule has 1 aromatic rings. The van der Waals surface area contributed by atoms with E-state index in [0.717, 1.165) is 0 Å². The van der Waals surface area contributed by atoms with Crippen LogP contribution in [0.2, 0.25) is 0 Å². The normalized spacial score (nSPS) is 11.7. The molecule has 0 aliphatic rings. The molecule has 0 radical (unpaired) electrons. The van der Waals surface area contributed by atoms with E-state index in [1.165, 1.54) is 23.1 Å². The first-order chi connectivity index (χ1) is 7.97. The first-order valence-electron chi connectivity index (χ1n) is 5.10. The van der Waals surface area contributed by atoms with Crippen LogP contribution in [0.4, 0.5) is 4.39 Å². The average molecular weight is 252 g/mol. The van der Waals surface area contributed by atoms with Gasteiger partial charge in [0.2, 0.25) is 0 Å². The maximum atomic E-state index is 13.0. The number of carbonyl (C=O) groups is 1. The van der Waals surface area contributed by atoms with Crippen LogP contribution < -0.4 is 0 Å². The van der Waals surface area contributed by atoms with E-state index in [2.05, 4.69) is 12.6 Å². The largest absolute Gasteiger partial charge is 0.338 e. The van der Waals surface area contributed by atoms with E-state index in [1.54, 1.807) is 14.0 Å².